The number of rotatable bonds is 7. The van der Waals surface area contributed by atoms with Crippen LogP contribution in [0.1, 0.15) is 17.5 Å². The molecule has 32 heavy (non-hydrogen) atoms. The molecule has 4 rings (SSSR count). The van der Waals surface area contributed by atoms with Crippen molar-refractivity contribution >= 4 is 23.3 Å². The lowest BCUT2D eigenvalue weighted by Crippen LogP contribution is -2.31. The Morgan fingerprint density at radius 1 is 0.812 bits per heavy atom. The maximum Gasteiger partial charge on any atom is 0.309 e. The summed E-state index contributed by atoms with van der Waals surface area (Å²) in [4.78, 5) is 27.0. The molecule has 0 aliphatic carbocycles. The van der Waals surface area contributed by atoms with Gasteiger partial charge in [0.25, 0.3) is 5.91 Å². The smallest absolute Gasteiger partial charge is 0.309 e. The standard InChI is InChI=1S/C26H25NO5/c1-30-21-12-14-22(15-13-21)31-17-16-26(29)32-18-25(28)27-23-8-4-2-6-19(23)10-11-20-7-3-5-9-24(20)27/h2-9,12-15H,10-11,16-18H2,1H3. The summed E-state index contributed by atoms with van der Waals surface area (Å²) in [5.74, 6) is 0.596. The third kappa shape index (κ3) is 4.91. The van der Waals surface area contributed by atoms with Crippen molar-refractivity contribution < 1.29 is 23.8 Å². The van der Waals surface area contributed by atoms with E-state index in [1.165, 1.54) is 0 Å². The third-order valence-corrected chi connectivity index (χ3v) is 5.37. The molecule has 6 nitrogen and oxygen atoms in total. The Balaban J connectivity index is 1.37. The van der Waals surface area contributed by atoms with Gasteiger partial charge in [-0.2, -0.15) is 0 Å². The minimum absolute atomic E-state index is 0.0481. The van der Waals surface area contributed by atoms with Crippen molar-refractivity contribution in [3.63, 3.8) is 0 Å². The summed E-state index contributed by atoms with van der Waals surface area (Å²) in [6, 6.07) is 22.8. The summed E-state index contributed by atoms with van der Waals surface area (Å²) >= 11 is 0. The van der Waals surface area contributed by atoms with E-state index in [-0.39, 0.29) is 25.5 Å². The Hall–Kier alpha value is -3.80. The summed E-state index contributed by atoms with van der Waals surface area (Å²) in [6.45, 7) is -0.168. The van der Waals surface area contributed by atoms with E-state index in [1.54, 1.807) is 36.3 Å². The van der Waals surface area contributed by atoms with E-state index in [0.717, 1.165) is 41.1 Å². The van der Waals surface area contributed by atoms with Gasteiger partial charge in [0.1, 0.15) is 11.5 Å². The van der Waals surface area contributed by atoms with Crippen molar-refractivity contribution in [1.82, 2.24) is 0 Å². The fraction of sp³-hybridized carbons (Fsp3) is 0.231. The first-order valence-electron chi connectivity index (χ1n) is 10.6. The summed E-state index contributed by atoms with van der Waals surface area (Å²) in [5.41, 5.74) is 3.86. The topological polar surface area (TPSA) is 65.1 Å². The number of nitrogens with zero attached hydrogens (tertiary/aromatic N) is 1. The van der Waals surface area contributed by atoms with Gasteiger partial charge < -0.3 is 14.2 Å². The van der Waals surface area contributed by atoms with Crippen molar-refractivity contribution in [2.24, 2.45) is 0 Å². The molecule has 0 atom stereocenters. The van der Waals surface area contributed by atoms with Gasteiger partial charge in [-0.3, -0.25) is 14.5 Å². The summed E-state index contributed by atoms with van der Waals surface area (Å²) in [6.07, 6.45) is 1.74. The largest absolute Gasteiger partial charge is 0.497 e. The molecule has 164 valence electrons. The highest BCUT2D eigenvalue weighted by Crippen LogP contribution is 2.36. The Morgan fingerprint density at radius 3 is 1.97 bits per heavy atom. The number of amides is 1. The number of ether oxygens (including phenoxy) is 3. The molecule has 0 radical (unpaired) electrons. The Bertz CT molecular complexity index is 1050. The molecular formula is C26H25NO5. The normalized spacial score (nSPS) is 12.2. The summed E-state index contributed by atoms with van der Waals surface area (Å²) in [5, 5.41) is 0. The molecular weight excluding hydrogens is 406 g/mol. The molecule has 1 aliphatic rings. The highest BCUT2D eigenvalue weighted by Gasteiger charge is 2.26. The number of fused-ring (bicyclic) bond motifs is 2. The Kier molecular flexibility index (Phi) is 6.70. The first-order chi connectivity index (χ1) is 15.7. The first-order valence-corrected chi connectivity index (χ1v) is 10.6. The molecule has 0 N–H and O–H groups in total. The number of hydrogen-bond acceptors (Lipinski definition) is 5. The Labute approximate surface area is 187 Å². The van der Waals surface area contributed by atoms with E-state index in [0.29, 0.717) is 5.75 Å². The second-order valence-electron chi connectivity index (χ2n) is 7.42. The molecule has 0 unspecified atom stereocenters. The van der Waals surface area contributed by atoms with Crippen molar-refractivity contribution in [2.45, 2.75) is 19.3 Å². The molecule has 0 bridgehead atoms. The molecule has 0 spiro atoms. The van der Waals surface area contributed by atoms with E-state index >= 15 is 0 Å². The monoisotopic (exact) mass is 431 g/mol. The predicted octanol–water partition coefficient (Wildman–Crippen LogP) is 4.47. The number of esters is 1. The van der Waals surface area contributed by atoms with E-state index in [1.807, 2.05) is 48.5 Å². The van der Waals surface area contributed by atoms with Crippen LogP contribution >= 0.6 is 0 Å². The predicted molar refractivity (Wildman–Crippen MR) is 122 cm³/mol. The Morgan fingerprint density at radius 2 is 1.38 bits per heavy atom. The summed E-state index contributed by atoms with van der Waals surface area (Å²) < 4.78 is 15.9. The molecule has 0 saturated carbocycles. The molecule has 6 heteroatoms. The highest BCUT2D eigenvalue weighted by atomic mass is 16.5. The quantitative estimate of drug-likeness (QED) is 0.517. The number of hydrogen-bond donors (Lipinski definition) is 0. The zero-order valence-electron chi connectivity index (χ0n) is 18.0. The average molecular weight is 431 g/mol. The van der Waals surface area contributed by atoms with Crippen LogP contribution in [0.15, 0.2) is 72.8 Å². The van der Waals surface area contributed by atoms with E-state index in [9.17, 15) is 9.59 Å². The third-order valence-electron chi connectivity index (χ3n) is 5.37. The van der Waals surface area contributed by atoms with Gasteiger partial charge in [-0.25, -0.2) is 0 Å². The van der Waals surface area contributed by atoms with Gasteiger partial charge in [0.05, 0.1) is 31.5 Å². The minimum Gasteiger partial charge on any atom is -0.497 e. The number of carbonyl (C=O) groups excluding carboxylic acids is 2. The zero-order chi connectivity index (χ0) is 22.3. The molecule has 3 aromatic carbocycles. The van der Waals surface area contributed by atoms with Crippen LogP contribution in [0.4, 0.5) is 11.4 Å². The lowest BCUT2D eigenvalue weighted by atomic mass is 10.0. The maximum absolute atomic E-state index is 13.1. The van der Waals surface area contributed by atoms with E-state index < -0.39 is 5.97 Å². The second kappa shape index (κ2) is 10.0. The average Bonchev–Trinajstić information content (AvgIpc) is 3.00. The summed E-state index contributed by atoms with van der Waals surface area (Å²) in [7, 11) is 1.59. The molecule has 0 aromatic heterocycles. The lowest BCUT2D eigenvalue weighted by Gasteiger charge is -2.24. The van der Waals surface area contributed by atoms with Crippen LogP contribution < -0.4 is 14.4 Å². The van der Waals surface area contributed by atoms with Crippen LogP contribution in [0.2, 0.25) is 0 Å². The second-order valence-corrected chi connectivity index (χ2v) is 7.42. The fourth-order valence-corrected chi connectivity index (χ4v) is 3.75. The van der Waals surface area contributed by atoms with Gasteiger partial charge in [0.2, 0.25) is 0 Å². The van der Waals surface area contributed by atoms with Gasteiger partial charge in [-0.05, 0) is 60.4 Å². The number of aryl methyl sites for hydroxylation is 2. The van der Waals surface area contributed by atoms with Gasteiger partial charge in [0.15, 0.2) is 6.61 Å². The van der Waals surface area contributed by atoms with Gasteiger partial charge in [0, 0.05) is 0 Å². The van der Waals surface area contributed by atoms with Crippen molar-refractivity contribution in [2.75, 3.05) is 25.2 Å². The zero-order valence-corrected chi connectivity index (χ0v) is 18.0. The number of benzene rings is 3. The van der Waals surface area contributed by atoms with Crippen molar-refractivity contribution in [1.29, 1.82) is 0 Å². The minimum atomic E-state index is -0.483. The number of carbonyl (C=O) groups is 2. The van der Waals surface area contributed by atoms with Crippen LogP contribution in [0.3, 0.4) is 0 Å². The number of anilines is 2. The van der Waals surface area contributed by atoms with Crippen molar-refractivity contribution in [3.05, 3.63) is 83.9 Å². The first kappa shape index (κ1) is 21.4. The van der Waals surface area contributed by atoms with Gasteiger partial charge >= 0.3 is 5.97 Å². The van der Waals surface area contributed by atoms with Crippen LogP contribution in [0.25, 0.3) is 0 Å². The molecule has 3 aromatic rings. The van der Waals surface area contributed by atoms with E-state index in [2.05, 4.69) is 0 Å². The van der Waals surface area contributed by atoms with E-state index in [4.69, 9.17) is 14.2 Å². The number of methoxy groups -OCH3 is 1. The maximum atomic E-state index is 13.1. The van der Waals surface area contributed by atoms with Crippen LogP contribution in [-0.2, 0) is 27.2 Å². The molecule has 0 saturated heterocycles. The van der Waals surface area contributed by atoms with Crippen molar-refractivity contribution in [3.8, 4) is 11.5 Å². The van der Waals surface area contributed by atoms with Crippen LogP contribution in [0.5, 0.6) is 11.5 Å². The van der Waals surface area contributed by atoms with Crippen LogP contribution in [-0.4, -0.2) is 32.2 Å². The molecule has 1 amide bonds. The van der Waals surface area contributed by atoms with Gasteiger partial charge in [-0.15, -0.1) is 0 Å². The molecule has 1 aliphatic heterocycles. The SMILES string of the molecule is COc1ccc(OCCC(=O)OCC(=O)N2c3ccccc3CCc3ccccc32)cc1. The molecule has 1 heterocycles. The lowest BCUT2D eigenvalue weighted by molar-refractivity contribution is -0.148. The molecule has 0 fully saturated rings. The number of para-hydroxylation sites is 2. The van der Waals surface area contributed by atoms with Crippen LogP contribution in [0, 0.1) is 0 Å². The highest BCUT2D eigenvalue weighted by molar-refractivity contribution is 6.03. The van der Waals surface area contributed by atoms with Gasteiger partial charge in [-0.1, -0.05) is 36.4 Å². The fourth-order valence-electron chi connectivity index (χ4n) is 3.75.